The van der Waals surface area contributed by atoms with Crippen molar-refractivity contribution in [1.82, 2.24) is 20.1 Å². The summed E-state index contributed by atoms with van der Waals surface area (Å²) in [5.41, 5.74) is 4.46. The first-order valence-corrected chi connectivity index (χ1v) is 9.01. The van der Waals surface area contributed by atoms with Gasteiger partial charge in [0.15, 0.2) is 0 Å². The molecule has 5 nitrogen and oxygen atoms in total. The van der Waals surface area contributed by atoms with E-state index in [9.17, 15) is 4.79 Å². The summed E-state index contributed by atoms with van der Waals surface area (Å²) in [4.78, 5) is 19.4. The maximum absolute atomic E-state index is 12.1. The Hall–Kier alpha value is -2.11. The van der Waals surface area contributed by atoms with E-state index in [2.05, 4.69) is 46.4 Å². The second kappa shape index (κ2) is 7.85. The quantitative estimate of drug-likeness (QED) is 0.879. The fraction of sp³-hybridized carbons (Fsp3) is 0.450. The smallest absolute Gasteiger partial charge is 0.269 e. The molecule has 2 heterocycles. The second-order valence-corrected chi connectivity index (χ2v) is 6.88. The number of carbonyl (C=O) groups excluding carboxylic acids is 1. The van der Waals surface area contributed by atoms with Gasteiger partial charge in [-0.25, -0.2) is 0 Å². The molecule has 0 saturated carbocycles. The van der Waals surface area contributed by atoms with E-state index in [1.807, 2.05) is 12.1 Å². The Morgan fingerprint density at radius 3 is 2.64 bits per heavy atom. The van der Waals surface area contributed by atoms with Gasteiger partial charge in [0.2, 0.25) is 0 Å². The van der Waals surface area contributed by atoms with Gasteiger partial charge in [-0.3, -0.25) is 9.69 Å². The van der Waals surface area contributed by atoms with Gasteiger partial charge in [-0.1, -0.05) is 31.2 Å². The van der Waals surface area contributed by atoms with Gasteiger partial charge in [0.05, 0.1) is 0 Å². The third-order valence-electron chi connectivity index (χ3n) is 4.88. The lowest BCUT2D eigenvalue weighted by molar-refractivity contribution is 0.0822. The first kappa shape index (κ1) is 17.7. The number of aromatic nitrogens is 1. The topological polar surface area (TPSA) is 51.4 Å². The van der Waals surface area contributed by atoms with Crippen LogP contribution in [0.25, 0.3) is 0 Å². The largest absolute Gasteiger partial charge is 0.353 e. The van der Waals surface area contributed by atoms with E-state index in [-0.39, 0.29) is 5.91 Å². The van der Waals surface area contributed by atoms with E-state index >= 15 is 0 Å². The predicted octanol–water partition coefficient (Wildman–Crippen LogP) is 2.43. The van der Waals surface area contributed by atoms with Crippen LogP contribution < -0.4 is 5.32 Å². The zero-order valence-corrected chi connectivity index (χ0v) is 15.4. The van der Waals surface area contributed by atoms with Gasteiger partial charge in [0.25, 0.3) is 5.91 Å². The van der Waals surface area contributed by atoms with E-state index in [1.165, 1.54) is 11.1 Å². The van der Waals surface area contributed by atoms with Gasteiger partial charge in [0.1, 0.15) is 5.69 Å². The van der Waals surface area contributed by atoms with Crippen LogP contribution >= 0.6 is 0 Å². The van der Waals surface area contributed by atoms with E-state index in [0.717, 1.165) is 38.3 Å². The van der Waals surface area contributed by atoms with Crippen molar-refractivity contribution in [3.8, 4) is 0 Å². The molecule has 25 heavy (non-hydrogen) atoms. The molecule has 0 aliphatic carbocycles. The Labute approximate surface area is 150 Å². The molecule has 1 saturated heterocycles. The number of H-pyrrole nitrogens is 1. The number of amides is 1. The lowest BCUT2D eigenvalue weighted by Crippen LogP contribution is -2.45. The number of hydrogen-bond acceptors (Lipinski definition) is 3. The highest BCUT2D eigenvalue weighted by Crippen LogP contribution is 2.24. The Kier molecular flexibility index (Phi) is 5.56. The van der Waals surface area contributed by atoms with Gasteiger partial charge in [-0.2, -0.15) is 0 Å². The average Bonchev–Trinajstić information content (AvgIpc) is 3.10. The monoisotopic (exact) mass is 340 g/mol. The normalized spacial score (nSPS) is 18.3. The number of aryl methyl sites for hydroxylation is 1. The molecule has 3 rings (SSSR count). The molecule has 0 radical (unpaired) electrons. The summed E-state index contributed by atoms with van der Waals surface area (Å²) in [6.45, 7) is 5.95. The number of nitrogens with one attached hydrogen (secondary N) is 2. The summed E-state index contributed by atoms with van der Waals surface area (Å²) in [7, 11) is 3.55. The molecule has 1 amide bonds. The highest BCUT2D eigenvalue weighted by atomic mass is 16.2. The summed E-state index contributed by atoms with van der Waals surface area (Å²) in [6.07, 6.45) is 1.07. The predicted molar refractivity (Wildman–Crippen MR) is 101 cm³/mol. The van der Waals surface area contributed by atoms with Gasteiger partial charge < -0.3 is 15.2 Å². The lowest BCUT2D eigenvalue weighted by Gasteiger charge is -2.36. The number of benzene rings is 1. The molecule has 1 aromatic carbocycles. The van der Waals surface area contributed by atoms with Crippen LogP contribution in [0.4, 0.5) is 0 Å². The van der Waals surface area contributed by atoms with Crippen LogP contribution in [-0.4, -0.2) is 54.4 Å². The molecular formula is C20H28N4O. The molecule has 2 N–H and O–H groups in total. The summed E-state index contributed by atoms with van der Waals surface area (Å²) >= 11 is 0. The minimum absolute atomic E-state index is 0.0123. The fourth-order valence-electron chi connectivity index (χ4n) is 3.36. The number of hydrogen-bond donors (Lipinski definition) is 2. The highest BCUT2D eigenvalue weighted by Gasteiger charge is 2.24. The summed E-state index contributed by atoms with van der Waals surface area (Å²) in [6, 6.07) is 13.2. The zero-order chi connectivity index (χ0) is 17.8. The van der Waals surface area contributed by atoms with Crippen LogP contribution in [-0.2, 0) is 13.0 Å². The summed E-state index contributed by atoms with van der Waals surface area (Å²) in [5.74, 6) is 0.0123. The van der Waals surface area contributed by atoms with Crippen LogP contribution in [0, 0.1) is 0 Å². The number of nitrogens with zero attached hydrogens (tertiary/aromatic N) is 2. The van der Waals surface area contributed by atoms with Gasteiger partial charge in [-0.05, 0) is 29.7 Å². The fourth-order valence-corrected chi connectivity index (χ4v) is 3.36. The SMILES string of the molecule is CCc1ccc(C2CNCCN2Cc2ccc(C(=O)N(C)C)[nH]2)cc1. The van der Waals surface area contributed by atoms with Crippen molar-refractivity contribution < 1.29 is 4.79 Å². The average molecular weight is 340 g/mol. The molecule has 1 aliphatic rings. The van der Waals surface area contributed by atoms with Gasteiger partial charge in [-0.15, -0.1) is 0 Å². The highest BCUT2D eigenvalue weighted by molar-refractivity contribution is 5.92. The molecule has 1 aliphatic heterocycles. The van der Waals surface area contributed by atoms with Gasteiger partial charge >= 0.3 is 0 Å². The first-order valence-electron chi connectivity index (χ1n) is 9.01. The van der Waals surface area contributed by atoms with Crippen molar-refractivity contribution in [2.45, 2.75) is 25.9 Å². The number of aromatic amines is 1. The standard InChI is InChI=1S/C20H28N4O/c1-4-15-5-7-16(8-6-15)19-13-21-11-12-24(19)14-17-9-10-18(22-17)20(25)23(2)3/h5-10,19,21-22H,4,11-14H2,1-3H3. The number of carbonyl (C=O) groups is 1. The summed E-state index contributed by atoms with van der Waals surface area (Å²) < 4.78 is 0. The van der Waals surface area contributed by atoms with Crippen LogP contribution in [0.1, 0.15) is 40.3 Å². The Morgan fingerprint density at radius 1 is 1.20 bits per heavy atom. The Morgan fingerprint density at radius 2 is 1.96 bits per heavy atom. The molecule has 2 aromatic rings. The van der Waals surface area contributed by atoms with E-state index in [4.69, 9.17) is 0 Å². The van der Waals surface area contributed by atoms with Crippen molar-refractivity contribution >= 4 is 5.91 Å². The molecule has 0 spiro atoms. The minimum Gasteiger partial charge on any atom is -0.353 e. The van der Waals surface area contributed by atoms with E-state index in [1.54, 1.807) is 19.0 Å². The molecule has 1 unspecified atom stereocenters. The van der Waals surface area contributed by atoms with Crippen LogP contribution in [0.2, 0.25) is 0 Å². The molecular weight excluding hydrogens is 312 g/mol. The molecule has 1 atom stereocenters. The van der Waals surface area contributed by atoms with E-state index < -0.39 is 0 Å². The number of rotatable bonds is 5. The molecule has 0 bridgehead atoms. The van der Waals surface area contributed by atoms with Crippen LogP contribution in [0.3, 0.4) is 0 Å². The maximum Gasteiger partial charge on any atom is 0.269 e. The van der Waals surface area contributed by atoms with Crippen molar-refractivity contribution in [2.75, 3.05) is 33.7 Å². The Balaban J connectivity index is 1.74. The van der Waals surface area contributed by atoms with E-state index in [0.29, 0.717) is 11.7 Å². The number of piperazine rings is 1. The third-order valence-corrected chi connectivity index (χ3v) is 4.88. The molecule has 1 aromatic heterocycles. The molecule has 134 valence electrons. The first-order chi connectivity index (χ1) is 12.1. The Bertz CT molecular complexity index is 705. The summed E-state index contributed by atoms with van der Waals surface area (Å²) in [5, 5.41) is 3.50. The van der Waals surface area contributed by atoms with Crippen molar-refractivity contribution in [3.63, 3.8) is 0 Å². The van der Waals surface area contributed by atoms with Crippen LogP contribution in [0.15, 0.2) is 36.4 Å². The van der Waals surface area contributed by atoms with Gasteiger partial charge in [0, 0.05) is 52.0 Å². The molecule has 5 heteroatoms. The molecule has 1 fully saturated rings. The van der Waals surface area contributed by atoms with Crippen LogP contribution in [0.5, 0.6) is 0 Å². The third kappa shape index (κ3) is 4.11. The zero-order valence-electron chi connectivity index (χ0n) is 15.4. The van der Waals surface area contributed by atoms with Crippen molar-refractivity contribution in [2.24, 2.45) is 0 Å². The minimum atomic E-state index is 0.0123. The maximum atomic E-state index is 12.1. The lowest BCUT2D eigenvalue weighted by atomic mass is 10.0. The van der Waals surface area contributed by atoms with Crippen molar-refractivity contribution in [3.05, 3.63) is 58.9 Å². The van der Waals surface area contributed by atoms with Crippen molar-refractivity contribution in [1.29, 1.82) is 0 Å². The second-order valence-electron chi connectivity index (χ2n) is 6.88.